The van der Waals surface area contributed by atoms with E-state index in [9.17, 15) is 0 Å². The fraction of sp³-hybridized carbons (Fsp3) is 0.333. The predicted octanol–water partition coefficient (Wildman–Crippen LogP) is 4.10. The molecule has 35 heavy (non-hydrogen) atoms. The zero-order valence-electron chi connectivity index (χ0n) is 19.8. The lowest BCUT2D eigenvalue weighted by Crippen LogP contribution is -2.21. The van der Waals surface area contributed by atoms with E-state index in [2.05, 4.69) is 41.5 Å². The van der Waals surface area contributed by atoms with Gasteiger partial charge in [0.25, 0.3) is 0 Å². The molecule has 0 aliphatic heterocycles. The number of para-hydroxylation sites is 1. The van der Waals surface area contributed by atoms with E-state index in [1.54, 1.807) is 0 Å². The number of fused-ring (bicyclic) bond motifs is 2. The van der Waals surface area contributed by atoms with Crippen molar-refractivity contribution in [1.29, 1.82) is 0 Å². The smallest absolute Gasteiger partial charge is 0.157 e. The summed E-state index contributed by atoms with van der Waals surface area (Å²) < 4.78 is 18.1. The largest absolute Gasteiger partial charge is 0.493 e. The number of rotatable bonds is 9. The molecule has 8 nitrogen and oxygen atoms in total. The van der Waals surface area contributed by atoms with Gasteiger partial charge in [0.1, 0.15) is 12.4 Å². The standard InChI is InChI=1S/C27H30N4O3.H3N/c28-27(31-29)17-34-26-12-18(8-9-20-13-24(20)26)15-32-22-5-3-6-23(14-22)33-16-21-11-10-19-4-1-2-7-25(19)30-21;/h1-5,7-12,14,18,20,23-24H,6,13,15-17,29H2,(H2,28,31);1H3. The highest BCUT2D eigenvalue weighted by Gasteiger charge is 2.41. The van der Waals surface area contributed by atoms with Gasteiger partial charge in [-0.05, 0) is 49.1 Å². The number of hydrogen-bond donors (Lipinski definition) is 3. The van der Waals surface area contributed by atoms with Crippen molar-refractivity contribution in [2.45, 2.75) is 25.6 Å². The van der Waals surface area contributed by atoms with Crippen LogP contribution in [0.25, 0.3) is 10.9 Å². The molecule has 0 amide bonds. The molecule has 3 aliphatic rings. The molecule has 2 aromatic rings. The van der Waals surface area contributed by atoms with E-state index in [0.29, 0.717) is 25.0 Å². The molecule has 1 aromatic heterocycles. The fourth-order valence-corrected chi connectivity index (χ4v) is 4.29. The summed E-state index contributed by atoms with van der Waals surface area (Å²) in [6.45, 7) is 1.19. The Kier molecular flexibility index (Phi) is 7.84. The Morgan fingerprint density at radius 1 is 1.09 bits per heavy atom. The van der Waals surface area contributed by atoms with Crippen molar-refractivity contribution in [3.63, 3.8) is 0 Å². The number of aromatic nitrogens is 1. The van der Waals surface area contributed by atoms with E-state index in [-0.39, 0.29) is 30.6 Å². The molecule has 0 radical (unpaired) electrons. The molecular weight excluding hydrogens is 442 g/mol. The molecular formula is C27H33N5O3. The van der Waals surface area contributed by atoms with Crippen LogP contribution in [-0.4, -0.2) is 30.1 Å². The molecule has 3 aliphatic carbocycles. The van der Waals surface area contributed by atoms with E-state index in [4.69, 9.17) is 30.8 Å². The van der Waals surface area contributed by atoms with Crippen LogP contribution in [0.2, 0.25) is 0 Å². The van der Waals surface area contributed by atoms with Crippen molar-refractivity contribution in [2.75, 3.05) is 13.2 Å². The minimum atomic E-state index is -0.0430. The van der Waals surface area contributed by atoms with Crippen LogP contribution >= 0.6 is 0 Å². The lowest BCUT2D eigenvalue weighted by molar-refractivity contribution is 0.0664. The number of benzene rings is 1. The third-order valence-electron chi connectivity index (χ3n) is 6.29. The Labute approximate surface area is 205 Å². The Balaban J connectivity index is 0.00000289. The van der Waals surface area contributed by atoms with Crippen molar-refractivity contribution in [2.24, 2.45) is 34.4 Å². The summed E-state index contributed by atoms with van der Waals surface area (Å²) in [5.74, 6) is 8.34. The molecule has 4 atom stereocenters. The Hall–Kier alpha value is -3.62. The summed E-state index contributed by atoms with van der Waals surface area (Å²) in [6.07, 6.45) is 14.6. The lowest BCUT2D eigenvalue weighted by Gasteiger charge is -2.19. The summed E-state index contributed by atoms with van der Waals surface area (Å²) in [4.78, 5) is 4.69. The van der Waals surface area contributed by atoms with Gasteiger partial charge in [-0.1, -0.05) is 42.5 Å². The third-order valence-corrected chi connectivity index (χ3v) is 6.29. The van der Waals surface area contributed by atoms with Gasteiger partial charge in [-0.25, -0.2) is 0 Å². The van der Waals surface area contributed by atoms with Crippen LogP contribution in [0.4, 0.5) is 0 Å². The number of amidine groups is 1. The number of ether oxygens (including phenoxy) is 3. The number of nitrogens with zero attached hydrogens (tertiary/aromatic N) is 2. The van der Waals surface area contributed by atoms with E-state index < -0.39 is 0 Å². The van der Waals surface area contributed by atoms with Crippen molar-refractivity contribution in [3.05, 3.63) is 90.1 Å². The number of pyridine rings is 1. The van der Waals surface area contributed by atoms with Gasteiger partial charge >= 0.3 is 0 Å². The maximum Gasteiger partial charge on any atom is 0.157 e. The normalized spacial score (nSPS) is 25.1. The first kappa shape index (κ1) is 24.5. The van der Waals surface area contributed by atoms with Crippen LogP contribution in [0.1, 0.15) is 18.5 Å². The second-order valence-corrected chi connectivity index (χ2v) is 8.90. The highest BCUT2D eigenvalue weighted by atomic mass is 16.5. The Morgan fingerprint density at radius 2 is 1.97 bits per heavy atom. The Bertz CT molecular complexity index is 1190. The van der Waals surface area contributed by atoms with Gasteiger partial charge in [-0.3, -0.25) is 4.98 Å². The van der Waals surface area contributed by atoms with Gasteiger partial charge in [0, 0.05) is 17.2 Å². The van der Waals surface area contributed by atoms with Crippen molar-refractivity contribution in [1.82, 2.24) is 11.1 Å². The molecule has 5 rings (SSSR count). The topological polar surface area (TPSA) is 140 Å². The molecule has 1 heterocycles. The second kappa shape index (κ2) is 11.2. The van der Waals surface area contributed by atoms with Crippen LogP contribution in [0, 0.1) is 17.8 Å². The van der Waals surface area contributed by atoms with Gasteiger partial charge in [0.15, 0.2) is 5.84 Å². The average Bonchev–Trinajstić information content (AvgIpc) is 3.67. The number of hydrazone groups is 1. The molecule has 0 saturated heterocycles. The first-order valence-corrected chi connectivity index (χ1v) is 11.7. The van der Waals surface area contributed by atoms with Crippen LogP contribution in [0.5, 0.6) is 0 Å². The molecule has 7 N–H and O–H groups in total. The summed E-state index contributed by atoms with van der Waals surface area (Å²) in [6, 6.07) is 12.2. The van der Waals surface area contributed by atoms with Crippen molar-refractivity contribution in [3.8, 4) is 0 Å². The molecule has 8 heteroatoms. The highest BCUT2D eigenvalue weighted by molar-refractivity contribution is 5.81. The lowest BCUT2D eigenvalue weighted by atomic mass is 10.1. The fourth-order valence-electron chi connectivity index (χ4n) is 4.29. The first-order valence-electron chi connectivity index (χ1n) is 11.7. The van der Waals surface area contributed by atoms with Gasteiger partial charge in [-0.15, -0.1) is 0 Å². The summed E-state index contributed by atoms with van der Waals surface area (Å²) in [7, 11) is 0. The van der Waals surface area contributed by atoms with E-state index >= 15 is 0 Å². The van der Waals surface area contributed by atoms with Gasteiger partial charge in [0.05, 0.1) is 36.3 Å². The van der Waals surface area contributed by atoms with E-state index in [0.717, 1.165) is 41.0 Å². The summed E-state index contributed by atoms with van der Waals surface area (Å²) >= 11 is 0. The number of hydrogen-bond acceptors (Lipinski definition) is 7. The highest BCUT2D eigenvalue weighted by Crippen LogP contribution is 2.47. The maximum atomic E-state index is 6.12. The number of allylic oxidation sites excluding steroid dienone is 3. The number of nitrogens with two attached hydrogens (primary N) is 2. The molecule has 0 spiro atoms. The second-order valence-electron chi connectivity index (χ2n) is 8.90. The maximum absolute atomic E-state index is 6.12. The van der Waals surface area contributed by atoms with E-state index in [1.807, 2.05) is 36.4 Å². The van der Waals surface area contributed by atoms with Crippen molar-refractivity contribution >= 4 is 16.7 Å². The molecule has 1 fully saturated rings. The molecule has 4 unspecified atom stereocenters. The SMILES string of the molecule is N.N/N=C(\N)COC1=CC(COC2=CC(OCc3ccc4ccccc4n3)CC=C2)C=CC2CC12. The van der Waals surface area contributed by atoms with Crippen LogP contribution in [0.3, 0.4) is 0 Å². The van der Waals surface area contributed by atoms with Gasteiger partial charge in [-0.2, -0.15) is 5.10 Å². The minimum absolute atomic E-state index is 0. The summed E-state index contributed by atoms with van der Waals surface area (Å²) in [5.41, 5.74) is 7.58. The molecule has 184 valence electrons. The quantitative estimate of drug-likeness (QED) is 0.163. The van der Waals surface area contributed by atoms with Crippen LogP contribution in [-0.2, 0) is 20.8 Å². The predicted molar refractivity (Wildman–Crippen MR) is 137 cm³/mol. The zero-order chi connectivity index (χ0) is 23.3. The first-order chi connectivity index (χ1) is 16.7. The van der Waals surface area contributed by atoms with Crippen LogP contribution in [0.15, 0.2) is 89.5 Å². The minimum Gasteiger partial charge on any atom is -0.493 e. The van der Waals surface area contributed by atoms with Crippen molar-refractivity contribution < 1.29 is 14.2 Å². The van der Waals surface area contributed by atoms with Gasteiger partial charge < -0.3 is 31.9 Å². The molecule has 1 aromatic carbocycles. The zero-order valence-corrected chi connectivity index (χ0v) is 19.8. The van der Waals surface area contributed by atoms with Gasteiger partial charge in [0.2, 0.25) is 0 Å². The van der Waals surface area contributed by atoms with Crippen LogP contribution < -0.4 is 17.7 Å². The summed E-state index contributed by atoms with van der Waals surface area (Å²) in [5, 5.41) is 4.61. The molecule has 1 saturated carbocycles. The average molecular weight is 476 g/mol. The van der Waals surface area contributed by atoms with E-state index in [1.165, 1.54) is 0 Å². The monoisotopic (exact) mass is 475 g/mol. The molecule has 0 bridgehead atoms. The third kappa shape index (κ3) is 6.29. The Morgan fingerprint density at radius 3 is 2.86 bits per heavy atom.